The maximum atomic E-state index is 12.3. The highest BCUT2D eigenvalue weighted by Gasteiger charge is 2.29. The minimum absolute atomic E-state index is 0.0446. The second-order valence-corrected chi connectivity index (χ2v) is 6.29. The number of ketones is 1. The van der Waals surface area contributed by atoms with Gasteiger partial charge in [0.1, 0.15) is 0 Å². The number of benzene rings is 1. The number of nitrogens with zero attached hydrogens (tertiary/aromatic N) is 4. The molecular weight excluding hydrogens is 304 g/mol. The fraction of sp³-hybridized carbons (Fsp3) is 0.333. The lowest BCUT2D eigenvalue weighted by Crippen LogP contribution is -2.23. The van der Waals surface area contributed by atoms with E-state index in [1.165, 1.54) is 0 Å². The van der Waals surface area contributed by atoms with Gasteiger partial charge in [0, 0.05) is 13.5 Å². The summed E-state index contributed by atoms with van der Waals surface area (Å²) in [6.07, 6.45) is 1.29. The van der Waals surface area contributed by atoms with Crippen LogP contribution in [0, 0.1) is 5.92 Å². The van der Waals surface area contributed by atoms with Crippen LogP contribution in [0.4, 0.5) is 0 Å². The molecule has 0 fully saturated rings. The maximum absolute atomic E-state index is 12.3. The van der Waals surface area contributed by atoms with Crippen molar-refractivity contribution >= 4 is 11.4 Å². The number of aromatic nitrogens is 4. The topological polar surface area (TPSA) is 69.4 Å². The summed E-state index contributed by atoms with van der Waals surface area (Å²) < 4.78 is 7.10. The van der Waals surface area contributed by atoms with Gasteiger partial charge in [0.05, 0.1) is 23.6 Å². The zero-order chi connectivity index (χ0) is 16.7. The number of ether oxygens (including phenoxy) is 1. The first-order valence-electron chi connectivity index (χ1n) is 8.03. The normalized spacial score (nSPS) is 17.2. The Kier molecular flexibility index (Phi) is 3.61. The summed E-state index contributed by atoms with van der Waals surface area (Å²) >= 11 is 0. The summed E-state index contributed by atoms with van der Waals surface area (Å²) in [4.78, 5) is 12.3. The molecule has 0 radical (unpaired) electrons. The van der Waals surface area contributed by atoms with Crippen molar-refractivity contribution in [3.63, 3.8) is 0 Å². The van der Waals surface area contributed by atoms with E-state index in [-0.39, 0.29) is 11.7 Å². The monoisotopic (exact) mass is 322 g/mol. The minimum Gasteiger partial charge on any atom is -0.378 e. The summed E-state index contributed by atoms with van der Waals surface area (Å²) in [6.45, 7) is 2.45. The first kappa shape index (κ1) is 15.0. The van der Waals surface area contributed by atoms with Crippen molar-refractivity contribution in [1.29, 1.82) is 0 Å². The molecule has 2 heterocycles. The van der Waals surface area contributed by atoms with Crippen LogP contribution in [0.5, 0.6) is 0 Å². The molecule has 1 aliphatic carbocycles. The summed E-state index contributed by atoms with van der Waals surface area (Å²) in [5, 5.41) is 13.2. The van der Waals surface area contributed by atoms with Crippen LogP contribution in [-0.4, -0.2) is 32.7 Å². The summed E-state index contributed by atoms with van der Waals surface area (Å²) in [5.74, 6) is 0.329. The van der Waals surface area contributed by atoms with Crippen molar-refractivity contribution in [3.8, 4) is 11.1 Å². The molecule has 0 amide bonds. The lowest BCUT2D eigenvalue weighted by molar-refractivity contribution is 0.0944. The van der Waals surface area contributed by atoms with Crippen LogP contribution in [0.15, 0.2) is 30.3 Å². The molecule has 2 aromatic heterocycles. The zero-order valence-corrected chi connectivity index (χ0v) is 13.7. The molecule has 1 aliphatic rings. The fourth-order valence-corrected chi connectivity index (χ4v) is 3.34. The molecule has 24 heavy (non-hydrogen) atoms. The third kappa shape index (κ3) is 2.30. The van der Waals surface area contributed by atoms with E-state index in [4.69, 9.17) is 9.84 Å². The highest BCUT2D eigenvalue weighted by atomic mass is 16.5. The van der Waals surface area contributed by atoms with Crippen molar-refractivity contribution in [1.82, 2.24) is 19.8 Å². The summed E-state index contributed by atoms with van der Waals surface area (Å²) in [7, 11) is 1.64. The zero-order valence-electron chi connectivity index (χ0n) is 13.7. The van der Waals surface area contributed by atoms with Gasteiger partial charge >= 0.3 is 0 Å². The second kappa shape index (κ2) is 5.79. The minimum atomic E-state index is 0.0446. The second-order valence-electron chi connectivity index (χ2n) is 6.29. The predicted molar refractivity (Wildman–Crippen MR) is 88.7 cm³/mol. The van der Waals surface area contributed by atoms with Crippen LogP contribution in [0.25, 0.3) is 16.8 Å². The lowest BCUT2D eigenvalue weighted by Gasteiger charge is -2.19. The number of hydrogen-bond donors (Lipinski definition) is 0. The molecule has 1 unspecified atom stereocenters. The quantitative estimate of drug-likeness (QED) is 0.741. The number of fused-ring (bicyclic) bond motifs is 3. The van der Waals surface area contributed by atoms with E-state index in [0.717, 1.165) is 28.9 Å². The van der Waals surface area contributed by atoms with Gasteiger partial charge in [-0.05, 0) is 17.9 Å². The van der Waals surface area contributed by atoms with E-state index >= 15 is 0 Å². The summed E-state index contributed by atoms with van der Waals surface area (Å²) in [5.41, 5.74) is 4.71. The molecule has 0 N–H and O–H groups in total. The van der Waals surface area contributed by atoms with Gasteiger partial charge in [-0.1, -0.05) is 37.3 Å². The molecule has 3 aromatic rings. The van der Waals surface area contributed by atoms with E-state index in [2.05, 4.69) is 17.1 Å². The van der Waals surface area contributed by atoms with Crippen LogP contribution in [0.3, 0.4) is 0 Å². The SMILES string of the molecule is COCc1nn2c3c(nnc2c1-c1ccccc1)C(=O)CC(C)C3. The molecule has 0 saturated carbocycles. The van der Waals surface area contributed by atoms with Crippen molar-refractivity contribution in [2.75, 3.05) is 7.11 Å². The third-order valence-electron chi connectivity index (χ3n) is 4.39. The van der Waals surface area contributed by atoms with Gasteiger partial charge in [0.25, 0.3) is 0 Å². The molecule has 0 bridgehead atoms. The smallest absolute Gasteiger partial charge is 0.185 e. The standard InChI is InChI=1S/C18H18N4O2/c1-11-8-14-17(15(23)9-11)19-20-18-16(12-6-4-3-5-7-12)13(10-24-2)21-22(14)18/h3-7,11H,8-10H2,1-2H3. The molecular formula is C18H18N4O2. The van der Waals surface area contributed by atoms with Crippen molar-refractivity contribution < 1.29 is 9.53 Å². The largest absolute Gasteiger partial charge is 0.378 e. The Bertz CT molecular complexity index is 918. The molecule has 122 valence electrons. The van der Waals surface area contributed by atoms with Gasteiger partial charge in [0.15, 0.2) is 17.1 Å². The van der Waals surface area contributed by atoms with Crippen LogP contribution in [0.1, 0.15) is 35.2 Å². The molecule has 0 saturated heterocycles. The molecule has 6 nitrogen and oxygen atoms in total. The first-order valence-corrected chi connectivity index (χ1v) is 8.03. The first-order chi connectivity index (χ1) is 11.7. The van der Waals surface area contributed by atoms with Gasteiger partial charge < -0.3 is 4.74 Å². The Morgan fingerprint density at radius 3 is 2.75 bits per heavy atom. The number of Topliss-reactive ketones (excluding diaryl/α,β-unsaturated/α-hetero) is 1. The molecule has 0 spiro atoms. The Morgan fingerprint density at radius 1 is 1.21 bits per heavy atom. The number of methoxy groups -OCH3 is 1. The van der Waals surface area contributed by atoms with Gasteiger partial charge in [-0.25, -0.2) is 4.52 Å². The number of carbonyl (C=O) groups is 1. The average molecular weight is 322 g/mol. The predicted octanol–water partition coefficient (Wildman–Crippen LogP) is 2.70. The Hall–Kier alpha value is -2.60. The lowest BCUT2D eigenvalue weighted by atomic mass is 9.90. The Morgan fingerprint density at radius 2 is 2.00 bits per heavy atom. The molecule has 1 aromatic carbocycles. The molecule has 6 heteroatoms. The van der Waals surface area contributed by atoms with Crippen LogP contribution < -0.4 is 0 Å². The van der Waals surface area contributed by atoms with Gasteiger partial charge in [0.2, 0.25) is 0 Å². The molecule has 1 atom stereocenters. The molecule has 4 rings (SSSR count). The Labute approximate surface area is 139 Å². The van der Waals surface area contributed by atoms with E-state index in [9.17, 15) is 4.79 Å². The van der Waals surface area contributed by atoms with Crippen LogP contribution in [-0.2, 0) is 17.8 Å². The van der Waals surface area contributed by atoms with Crippen molar-refractivity contribution in [2.24, 2.45) is 5.92 Å². The average Bonchev–Trinajstić information content (AvgIpc) is 2.94. The van der Waals surface area contributed by atoms with Gasteiger partial charge in [-0.15, -0.1) is 10.2 Å². The van der Waals surface area contributed by atoms with E-state index < -0.39 is 0 Å². The fourth-order valence-electron chi connectivity index (χ4n) is 3.34. The number of carbonyl (C=O) groups excluding carboxylic acids is 1. The number of hydrogen-bond acceptors (Lipinski definition) is 5. The third-order valence-corrected chi connectivity index (χ3v) is 4.39. The Balaban J connectivity index is 2.01. The maximum Gasteiger partial charge on any atom is 0.185 e. The van der Waals surface area contributed by atoms with E-state index in [0.29, 0.717) is 24.4 Å². The van der Waals surface area contributed by atoms with Crippen LogP contribution in [0.2, 0.25) is 0 Å². The van der Waals surface area contributed by atoms with Gasteiger partial charge in [-0.3, -0.25) is 4.79 Å². The van der Waals surface area contributed by atoms with Crippen molar-refractivity contribution in [2.45, 2.75) is 26.4 Å². The van der Waals surface area contributed by atoms with E-state index in [1.807, 2.05) is 30.3 Å². The molecule has 0 aliphatic heterocycles. The van der Waals surface area contributed by atoms with Crippen molar-refractivity contribution in [3.05, 3.63) is 47.4 Å². The van der Waals surface area contributed by atoms with E-state index in [1.54, 1.807) is 11.6 Å². The number of rotatable bonds is 3. The summed E-state index contributed by atoms with van der Waals surface area (Å²) in [6, 6.07) is 9.97. The van der Waals surface area contributed by atoms with Gasteiger partial charge in [-0.2, -0.15) is 5.10 Å². The van der Waals surface area contributed by atoms with Crippen LogP contribution >= 0.6 is 0 Å². The highest BCUT2D eigenvalue weighted by molar-refractivity contribution is 5.96. The highest BCUT2D eigenvalue weighted by Crippen LogP contribution is 2.31.